The molecule has 15 heavy (non-hydrogen) atoms. The normalized spacial score (nSPS) is 21.3. The number of hydrogen-bond acceptors (Lipinski definition) is 1. The lowest BCUT2D eigenvalue weighted by Gasteiger charge is -2.04. The fourth-order valence-corrected chi connectivity index (χ4v) is 1.90. The number of nitrogens with one attached hydrogen (secondary N) is 1. The molecule has 80 valence electrons. The fourth-order valence-electron chi connectivity index (χ4n) is 1.90. The van der Waals surface area contributed by atoms with E-state index >= 15 is 0 Å². The SMILES string of the molecule is Fc1ccc(C=CCC2CCCN2)cc1. The molecule has 0 saturated carbocycles. The zero-order chi connectivity index (χ0) is 10.5. The molecule has 0 spiro atoms. The number of hydrogen-bond donors (Lipinski definition) is 1. The number of halogens is 1. The van der Waals surface area contributed by atoms with Crippen LogP contribution in [0.4, 0.5) is 4.39 Å². The summed E-state index contributed by atoms with van der Waals surface area (Å²) in [6, 6.07) is 7.23. The fraction of sp³-hybridized carbons (Fsp3) is 0.385. The molecule has 0 aliphatic carbocycles. The van der Waals surface area contributed by atoms with Crippen LogP contribution in [-0.4, -0.2) is 12.6 Å². The summed E-state index contributed by atoms with van der Waals surface area (Å²) in [6.07, 6.45) is 7.84. The van der Waals surface area contributed by atoms with E-state index in [4.69, 9.17) is 0 Å². The average Bonchev–Trinajstić information content (AvgIpc) is 2.74. The molecule has 0 bridgehead atoms. The minimum atomic E-state index is -0.176. The summed E-state index contributed by atoms with van der Waals surface area (Å²) >= 11 is 0. The molecule has 2 heteroatoms. The molecule has 0 aromatic heterocycles. The van der Waals surface area contributed by atoms with Crippen molar-refractivity contribution in [1.29, 1.82) is 0 Å². The average molecular weight is 205 g/mol. The zero-order valence-electron chi connectivity index (χ0n) is 8.75. The van der Waals surface area contributed by atoms with Crippen molar-refractivity contribution in [3.63, 3.8) is 0 Å². The van der Waals surface area contributed by atoms with Crippen LogP contribution in [0.25, 0.3) is 6.08 Å². The van der Waals surface area contributed by atoms with Gasteiger partial charge in [0.1, 0.15) is 5.82 Å². The van der Waals surface area contributed by atoms with Gasteiger partial charge in [0.25, 0.3) is 0 Å². The molecule has 1 atom stereocenters. The summed E-state index contributed by atoms with van der Waals surface area (Å²) in [7, 11) is 0. The van der Waals surface area contributed by atoms with Gasteiger partial charge in [-0.05, 0) is 43.5 Å². The minimum absolute atomic E-state index is 0.176. The van der Waals surface area contributed by atoms with E-state index in [1.54, 1.807) is 12.1 Å². The highest BCUT2D eigenvalue weighted by molar-refractivity contribution is 5.48. The van der Waals surface area contributed by atoms with Gasteiger partial charge in [-0.15, -0.1) is 0 Å². The van der Waals surface area contributed by atoms with E-state index in [1.165, 1.54) is 25.0 Å². The Hall–Kier alpha value is -1.15. The standard InChI is InChI=1S/C13H16FN/c14-12-8-6-11(7-9-12)3-1-4-13-5-2-10-15-13/h1,3,6-9,13,15H,2,4-5,10H2. The summed E-state index contributed by atoms with van der Waals surface area (Å²) in [5, 5.41) is 3.44. The Morgan fingerprint density at radius 2 is 2.13 bits per heavy atom. The Morgan fingerprint density at radius 1 is 1.33 bits per heavy atom. The quantitative estimate of drug-likeness (QED) is 0.800. The lowest BCUT2D eigenvalue weighted by atomic mass is 10.1. The summed E-state index contributed by atoms with van der Waals surface area (Å²) in [5.41, 5.74) is 1.06. The van der Waals surface area contributed by atoms with Gasteiger partial charge in [-0.1, -0.05) is 24.3 Å². The van der Waals surface area contributed by atoms with Crippen LogP contribution in [0.2, 0.25) is 0 Å². The summed E-state index contributed by atoms with van der Waals surface area (Å²) < 4.78 is 12.6. The second-order valence-corrected chi connectivity index (χ2v) is 3.98. The number of benzene rings is 1. The molecule has 0 radical (unpaired) electrons. The lowest BCUT2D eigenvalue weighted by molar-refractivity contribution is 0.615. The maximum atomic E-state index is 12.6. The van der Waals surface area contributed by atoms with Crippen molar-refractivity contribution in [3.8, 4) is 0 Å². The van der Waals surface area contributed by atoms with Crippen LogP contribution < -0.4 is 5.32 Å². The molecule has 1 heterocycles. The first-order chi connectivity index (χ1) is 7.34. The molecule has 1 nitrogen and oxygen atoms in total. The van der Waals surface area contributed by atoms with E-state index in [-0.39, 0.29) is 5.82 Å². The second kappa shape index (κ2) is 5.08. The molecule has 1 unspecified atom stereocenters. The van der Waals surface area contributed by atoms with Gasteiger partial charge in [-0.25, -0.2) is 4.39 Å². The predicted octanol–water partition coefficient (Wildman–Crippen LogP) is 2.98. The van der Waals surface area contributed by atoms with Crippen LogP contribution in [0.1, 0.15) is 24.8 Å². The maximum absolute atomic E-state index is 12.6. The minimum Gasteiger partial charge on any atom is -0.314 e. The van der Waals surface area contributed by atoms with Crippen molar-refractivity contribution < 1.29 is 4.39 Å². The molecule has 1 aliphatic rings. The highest BCUT2D eigenvalue weighted by atomic mass is 19.1. The summed E-state index contributed by atoms with van der Waals surface area (Å²) in [6.45, 7) is 1.15. The molecule has 2 rings (SSSR count). The van der Waals surface area contributed by atoms with E-state index in [0.717, 1.165) is 18.5 Å². The zero-order valence-corrected chi connectivity index (χ0v) is 8.75. The number of rotatable bonds is 3. The highest BCUT2D eigenvalue weighted by Crippen LogP contribution is 2.11. The van der Waals surface area contributed by atoms with Gasteiger partial charge in [0.15, 0.2) is 0 Å². The predicted molar refractivity (Wildman–Crippen MR) is 61.1 cm³/mol. The molecular weight excluding hydrogens is 189 g/mol. The third-order valence-electron chi connectivity index (χ3n) is 2.76. The largest absolute Gasteiger partial charge is 0.314 e. The molecule has 1 aromatic carbocycles. The van der Waals surface area contributed by atoms with E-state index in [0.29, 0.717) is 6.04 Å². The summed E-state index contributed by atoms with van der Waals surface area (Å²) in [5.74, 6) is -0.176. The summed E-state index contributed by atoms with van der Waals surface area (Å²) in [4.78, 5) is 0. The van der Waals surface area contributed by atoms with Crippen molar-refractivity contribution in [3.05, 3.63) is 41.7 Å². The third kappa shape index (κ3) is 3.17. The van der Waals surface area contributed by atoms with Gasteiger partial charge in [0, 0.05) is 6.04 Å². The molecule has 1 saturated heterocycles. The van der Waals surface area contributed by atoms with Gasteiger partial charge >= 0.3 is 0 Å². The Kier molecular flexibility index (Phi) is 3.51. The topological polar surface area (TPSA) is 12.0 Å². The van der Waals surface area contributed by atoms with E-state index in [2.05, 4.69) is 17.5 Å². The first kappa shape index (κ1) is 10.4. The Balaban J connectivity index is 1.85. The van der Waals surface area contributed by atoms with Crippen molar-refractivity contribution in [1.82, 2.24) is 5.32 Å². The van der Waals surface area contributed by atoms with E-state index in [1.807, 2.05) is 0 Å². The third-order valence-corrected chi connectivity index (χ3v) is 2.76. The van der Waals surface area contributed by atoms with Crippen LogP contribution in [0.3, 0.4) is 0 Å². The van der Waals surface area contributed by atoms with Gasteiger partial charge in [0.2, 0.25) is 0 Å². The Bertz CT molecular complexity index is 323. The molecular formula is C13H16FN. The molecule has 1 aliphatic heterocycles. The Morgan fingerprint density at radius 3 is 2.80 bits per heavy atom. The van der Waals surface area contributed by atoms with Gasteiger partial charge < -0.3 is 5.32 Å². The first-order valence-electron chi connectivity index (χ1n) is 5.50. The van der Waals surface area contributed by atoms with Crippen LogP contribution in [0.5, 0.6) is 0 Å². The van der Waals surface area contributed by atoms with E-state index < -0.39 is 0 Å². The van der Waals surface area contributed by atoms with Crippen molar-refractivity contribution in [2.45, 2.75) is 25.3 Å². The lowest BCUT2D eigenvalue weighted by Crippen LogP contribution is -2.19. The van der Waals surface area contributed by atoms with Crippen molar-refractivity contribution in [2.24, 2.45) is 0 Å². The van der Waals surface area contributed by atoms with Gasteiger partial charge in [-0.3, -0.25) is 0 Å². The first-order valence-corrected chi connectivity index (χ1v) is 5.50. The van der Waals surface area contributed by atoms with Crippen molar-refractivity contribution in [2.75, 3.05) is 6.54 Å². The van der Waals surface area contributed by atoms with Gasteiger partial charge in [-0.2, -0.15) is 0 Å². The van der Waals surface area contributed by atoms with Crippen LogP contribution >= 0.6 is 0 Å². The van der Waals surface area contributed by atoms with Crippen LogP contribution in [-0.2, 0) is 0 Å². The maximum Gasteiger partial charge on any atom is 0.123 e. The van der Waals surface area contributed by atoms with Gasteiger partial charge in [0.05, 0.1) is 0 Å². The Labute approximate surface area is 90.0 Å². The van der Waals surface area contributed by atoms with Crippen LogP contribution in [0.15, 0.2) is 30.3 Å². The molecule has 1 fully saturated rings. The molecule has 1 aromatic rings. The monoisotopic (exact) mass is 205 g/mol. The van der Waals surface area contributed by atoms with E-state index in [9.17, 15) is 4.39 Å². The highest BCUT2D eigenvalue weighted by Gasteiger charge is 2.11. The molecule has 0 amide bonds. The van der Waals surface area contributed by atoms with Crippen molar-refractivity contribution >= 4 is 6.08 Å². The van der Waals surface area contributed by atoms with Crippen LogP contribution in [0, 0.1) is 5.82 Å². The molecule has 1 N–H and O–H groups in total. The second-order valence-electron chi connectivity index (χ2n) is 3.98. The smallest absolute Gasteiger partial charge is 0.123 e.